The topological polar surface area (TPSA) is 60.0 Å². The van der Waals surface area contributed by atoms with E-state index in [4.69, 9.17) is 0 Å². The number of carbonyl (C=O) groups is 1. The van der Waals surface area contributed by atoms with Crippen LogP contribution < -0.4 is 10.6 Å². The number of halogens is 1. The number of carbonyl (C=O) groups excluding carboxylic acids is 1. The first-order valence-electron chi connectivity index (χ1n) is 9.56. The first kappa shape index (κ1) is 20.7. The summed E-state index contributed by atoms with van der Waals surface area (Å²) in [6, 6.07) is 2.39. The molecule has 2 saturated carbocycles. The van der Waals surface area contributed by atoms with Crippen LogP contribution in [0.1, 0.15) is 51.9 Å². The fourth-order valence-electron chi connectivity index (χ4n) is 3.95. The number of nitrogens with one attached hydrogen (secondary N) is 2. The van der Waals surface area contributed by atoms with Gasteiger partial charge in [0.15, 0.2) is 5.96 Å². The first-order valence-corrected chi connectivity index (χ1v) is 9.56. The minimum absolute atomic E-state index is 0. The summed E-state index contributed by atoms with van der Waals surface area (Å²) in [5.41, 5.74) is 0. The molecular weight excluding hydrogens is 429 g/mol. The smallest absolute Gasteiger partial charge is 0.243 e. The molecule has 3 rings (SSSR count). The maximum atomic E-state index is 11.9. The molecule has 25 heavy (non-hydrogen) atoms. The van der Waals surface area contributed by atoms with Crippen molar-refractivity contribution in [2.45, 2.75) is 76.0 Å². The summed E-state index contributed by atoms with van der Waals surface area (Å²) in [4.78, 5) is 20.7. The van der Waals surface area contributed by atoms with Gasteiger partial charge in [-0.1, -0.05) is 12.8 Å². The second-order valence-electron chi connectivity index (χ2n) is 7.93. The van der Waals surface area contributed by atoms with Crippen molar-refractivity contribution in [1.82, 2.24) is 20.4 Å². The molecule has 0 aromatic carbocycles. The van der Waals surface area contributed by atoms with Crippen LogP contribution in [0.15, 0.2) is 4.99 Å². The Kier molecular flexibility index (Phi) is 7.79. The number of nitrogens with zero attached hydrogens (tertiary/aromatic N) is 3. The lowest BCUT2D eigenvalue weighted by atomic mass is 10.2. The predicted molar refractivity (Wildman–Crippen MR) is 113 cm³/mol. The van der Waals surface area contributed by atoms with Crippen LogP contribution in [-0.2, 0) is 4.79 Å². The van der Waals surface area contributed by atoms with E-state index in [9.17, 15) is 4.79 Å². The molecule has 6 nitrogen and oxygen atoms in total. The fourth-order valence-corrected chi connectivity index (χ4v) is 3.95. The van der Waals surface area contributed by atoms with Crippen LogP contribution in [0.2, 0.25) is 0 Å². The molecule has 0 aromatic rings. The Bertz CT molecular complexity index is 474. The van der Waals surface area contributed by atoms with Crippen molar-refractivity contribution in [1.29, 1.82) is 0 Å². The van der Waals surface area contributed by atoms with Gasteiger partial charge in [0.25, 0.3) is 0 Å². The summed E-state index contributed by atoms with van der Waals surface area (Å²) in [5, 5.41) is 7.17. The molecule has 3 aliphatic rings. The van der Waals surface area contributed by atoms with Gasteiger partial charge in [-0.2, -0.15) is 0 Å². The van der Waals surface area contributed by atoms with Crippen molar-refractivity contribution in [2.24, 2.45) is 4.99 Å². The van der Waals surface area contributed by atoms with E-state index in [0.717, 1.165) is 25.0 Å². The lowest BCUT2D eigenvalue weighted by Gasteiger charge is -2.22. The molecule has 3 fully saturated rings. The van der Waals surface area contributed by atoms with Gasteiger partial charge in [0.1, 0.15) is 6.54 Å². The van der Waals surface area contributed by atoms with Crippen molar-refractivity contribution < 1.29 is 4.79 Å². The van der Waals surface area contributed by atoms with Crippen LogP contribution in [0.5, 0.6) is 0 Å². The van der Waals surface area contributed by atoms with E-state index in [2.05, 4.69) is 27.4 Å². The van der Waals surface area contributed by atoms with Crippen molar-refractivity contribution in [2.75, 3.05) is 27.2 Å². The Morgan fingerprint density at radius 1 is 1.12 bits per heavy atom. The number of amides is 1. The lowest BCUT2D eigenvalue weighted by Crippen LogP contribution is -2.48. The Morgan fingerprint density at radius 3 is 2.36 bits per heavy atom. The molecule has 0 bridgehead atoms. The average Bonchev–Trinajstić information content (AvgIpc) is 3.13. The minimum atomic E-state index is 0. The van der Waals surface area contributed by atoms with Crippen molar-refractivity contribution >= 4 is 35.8 Å². The molecule has 2 atom stereocenters. The van der Waals surface area contributed by atoms with E-state index in [1.807, 2.05) is 0 Å². The molecule has 0 radical (unpaired) electrons. The third-order valence-corrected chi connectivity index (χ3v) is 5.55. The van der Waals surface area contributed by atoms with Gasteiger partial charge in [0, 0.05) is 44.8 Å². The van der Waals surface area contributed by atoms with Crippen LogP contribution >= 0.6 is 24.0 Å². The van der Waals surface area contributed by atoms with E-state index < -0.39 is 0 Å². The molecule has 1 amide bonds. The molecule has 2 unspecified atom stereocenters. The summed E-state index contributed by atoms with van der Waals surface area (Å²) in [5.74, 6) is 0.869. The number of likely N-dealkylation sites (tertiary alicyclic amines) is 1. The molecule has 0 spiro atoms. The van der Waals surface area contributed by atoms with Crippen LogP contribution in [-0.4, -0.2) is 73.0 Å². The first-order chi connectivity index (χ1) is 11.5. The van der Waals surface area contributed by atoms with Crippen molar-refractivity contribution in [3.63, 3.8) is 0 Å². The maximum absolute atomic E-state index is 11.9. The maximum Gasteiger partial charge on any atom is 0.243 e. The molecule has 0 aromatic heterocycles. The van der Waals surface area contributed by atoms with Gasteiger partial charge in [-0.25, -0.2) is 4.99 Å². The highest BCUT2D eigenvalue weighted by Crippen LogP contribution is 2.33. The third kappa shape index (κ3) is 5.98. The number of hydrogen-bond donors (Lipinski definition) is 2. The Morgan fingerprint density at radius 2 is 1.76 bits per heavy atom. The molecule has 1 heterocycles. The molecule has 7 heteroatoms. The van der Waals surface area contributed by atoms with E-state index >= 15 is 0 Å². The average molecular weight is 463 g/mol. The van der Waals surface area contributed by atoms with Crippen LogP contribution in [0, 0.1) is 0 Å². The number of likely N-dealkylation sites (N-methyl/N-ethyl adjacent to an activating group) is 1. The van der Waals surface area contributed by atoms with Gasteiger partial charge in [0.2, 0.25) is 5.91 Å². The van der Waals surface area contributed by atoms with Crippen LogP contribution in [0.3, 0.4) is 0 Å². The predicted octanol–water partition coefficient (Wildman–Crippen LogP) is 1.80. The molecular formula is C18H34IN5O. The number of guanidine groups is 1. The Labute approximate surface area is 169 Å². The molecule has 1 aliphatic heterocycles. The highest BCUT2D eigenvalue weighted by atomic mass is 127. The summed E-state index contributed by atoms with van der Waals surface area (Å²) >= 11 is 0. The van der Waals surface area contributed by atoms with Gasteiger partial charge in [0.05, 0.1) is 0 Å². The molecule has 2 aliphatic carbocycles. The van der Waals surface area contributed by atoms with Gasteiger partial charge < -0.3 is 15.5 Å². The minimum Gasteiger partial charge on any atom is -0.354 e. The number of aliphatic imine (C=N–C) groups is 1. The van der Waals surface area contributed by atoms with Crippen molar-refractivity contribution in [3.8, 4) is 0 Å². The number of hydrogen-bond acceptors (Lipinski definition) is 3. The summed E-state index contributed by atoms with van der Waals surface area (Å²) in [6.45, 7) is 3.64. The second-order valence-corrected chi connectivity index (χ2v) is 7.93. The van der Waals surface area contributed by atoms with E-state index in [0.29, 0.717) is 18.1 Å². The third-order valence-electron chi connectivity index (χ3n) is 5.55. The van der Waals surface area contributed by atoms with Crippen LogP contribution in [0.4, 0.5) is 0 Å². The molecule has 1 saturated heterocycles. The standard InChI is InChI=1S/C18H33N5O.HI/c1-13-10-15(12-23(13)16-8-9-16)21-18(19-11-17(24)22(2)3)20-14-6-4-5-7-14;/h13-16H,4-12H2,1-3H3,(H2,19,20,21);1H. The summed E-state index contributed by atoms with van der Waals surface area (Å²) in [6.07, 6.45) is 8.86. The van der Waals surface area contributed by atoms with Gasteiger partial charge in [-0.3, -0.25) is 9.69 Å². The zero-order chi connectivity index (χ0) is 17.1. The number of rotatable bonds is 5. The normalized spacial score (nSPS) is 27.9. The molecule has 2 N–H and O–H groups in total. The zero-order valence-electron chi connectivity index (χ0n) is 15.8. The quantitative estimate of drug-likeness (QED) is 0.371. The SMILES string of the molecule is CC1CC(NC(=NCC(=O)N(C)C)NC2CCCC2)CN1C1CC1.I. The second kappa shape index (κ2) is 9.39. The zero-order valence-corrected chi connectivity index (χ0v) is 18.2. The van der Waals surface area contributed by atoms with E-state index in [1.54, 1.807) is 19.0 Å². The van der Waals surface area contributed by atoms with Crippen LogP contribution in [0.25, 0.3) is 0 Å². The Hall–Kier alpha value is -0.570. The lowest BCUT2D eigenvalue weighted by molar-refractivity contribution is -0.127. The summed E-state index contributed by atoms with van der Waals surface area (Å²) in [7, 11) is 3.56. The van der Waals surface area contributed by atoms with Gasteiger partial charge >= 0.3 is 0 Å². The monoisotopic (exact) mass is 463 g/mol. The highest BCUT2D eigenvalue weighted by molar-refractivity contribution is 14.0. The fraction of sp³-hybridized carbons (Fsp3) is 0.889. The van der Waals surface area contributed by atoms with Gasteiger partial charge in [-0.05, 0) is 39.0 Å². The Balaban J connectivity index is 0.00000225. The van der Waals surface area contributed by atoms with E-state index in [1.165, 1.54) is 38.5 Å². The highest BCUT2D eigenvalue weighted by Gasteiger charge is 2.39. The molecule has 144 valence electrons. The van der Waals surface area contributed by atoms with E-state index in [-0.39, 0.29) is 36.4 Å². The largest absolute Gasteiger partial charge is 0.354 e. The van der Waals surface area contributed by atoms with Crippen molar-refractivity contribution in [3.05, 3.63) is 0 Å². The summed E-state index contributed by atoms with van der Waals surface area (Å²) < 4.78 is 0. The van der Waals surface area contributed by atoms with Gasteiger partial charge in [-0.15, -0.1) is 24.0 Å².